The Morgan fingerprint density at radius 3 is 1.54 bits per heavy atom. The number of rotatable bonds is 5. The molecule has 0 N–H and O–H groups in total. The number of benzene rings is 3. The molecule has 0 radical (unpaired) electrons. The Hall–Kier alpha value is -3.17. The van der Waals surface area contributed by atoms with Gasteiger partial charge >= 0.3 is 0 Å². The average molecular weight is 384 g/mol. The van der Waals surface area contributed by atoms with Crippen LogP contribution in [0.15, 0.2) is 84.9 Å². The Kier molecular flexibility index (Phi) is 5.09. The fourth-order valence-electron chi connectivity index (χ4n) is 3.18. The summed E-state index contributed by atoms with van der Waals surface area (Å²) in [6.45, 7) is 4.20. The monoisotopic (exact) mass is 383 g/mol. The molecule has 4 rings (SSSR count). The normalized spacial score (nSPS) is 10.6. The molecule has 0 saturated heterocycles. The van der Waals surface area contributed by atoms with Crippen LogP contribution in [0.4, 0.5) is 17.1 Å². The van der Waals surface area contributed by atoms with Gasteiger partial charge in [-0.05, 0) is 67.9 Å². The molecule has 0 spiro atoms. The van der Waals surface area contributed by atoms with Gasteiger partial charge in [0.2, 0.25) is 0 Å². The first-order valence-electron chi connectivity index (χ1n) is 9.23. The molecule has 3 heteroatoms. The first-order valence-corrected chi connectivity index (χ1v) is 10.0. The zero-order valence-corrected chi connectivity index (χ0v) is 16.7. The highest BCUT2D eigenvalue weighted by molar-refractivity contribution is 7.17. The van der Waals surface area contributed by atoms with Crippen LogP contribution in [0, 0.1) is 13.8 Å². The minimum atomic E-state index is 0.750. The van der Waals surface area contributed by atoms with Gasteiger partial charge in [0.05, 0.1) is 4.88 Å². The summed E-state index contributed by atoms with van der Waals surface area (Å²) >= 11 is 1.51. The molecule has 0 fully saturated rings. The van der Waals surface area contributed by atoms with Gasteiger partial charge in [0, 0.05) is 21.9 Å². The van der Waals surface area contributed by atoms with E-state index >= 15 is 0 Å². The number of carbonyl (C=O) groups excluding carboxylic acids is 1. The molecule has 0 aliphatic heterocycles. The van der Waals surface area contributed by atoms with Crippen LogP contribution in [-0.2, 0) is 0 Å². The van der Waals surface area contributed by atoms with E-state index in [0.717, 1.165) is 38.7 Å². The van der Waals surface area contributed by atoms with Gasteiger partial charge in [-0.15, -0.1) is 11.3 Å². The predicted octanol–water partition coefficient (Wildman–Crippen LogP) is 7.31. The Bertz CT molecular complexity index is 1030. The largest absolute Gasteiger partial charge is 0.311 e. The predicted molar refractivity (Wildman–Crippen MR) is 119 cm³/mol. The molecular formula is C25H21NOS. The van der Waals surface area contributed by atoms with Crippen molar-refractivity contribution in [3.8, 4) is 10.4 Å². The van der Waals surface area contributed by atoms with E-state index in [2.05, 4.69) is 91.5 Å². The zero-order chi connectivity index (χ0) is 19.5. The summed E-state index contributed by atoms with van der Waals surface area (Å²) in [7, 11) is 0. The number of aldehydes is 1. The van der Waals surface area contributed by atoms with Crippen LogP contribution in [0.3, 0.4) is 0 Å². The lowest BCUT2D eigenvalue weighted by Crippen LogP contribution is -2.09. The van der Waals surface area contributed by atoms with E-state index < -0.39 is 0 Å². The van der Waals surface area contributed by atoms with Gasteiger partial charge in [0.1, 0.15) is 0 Å². The van der Waals surface area contributed by atoms with E-state index in [4.69, 9.17) is 0 Å². The summed E-state index contributed by atoms with van der Waals surface area (Å²) in [5, 5.41) is 0. The van der Waals surface area contributed by atoms with Gasteiger partial charge in [0.15, 0.2) is 6.29 Å². The highest BCUT2D eigenvalue weighted by Crippen LogP contribution is 2.36. The van der Waals surface area contributed by atoms with E-state index in [0.29, 0.717) is 0 Å². The summed E-state index contributed by atoms with van der Waals surface area (Å²) in [6, 6.07) is 29.5. The van der Waals surface area contributed by atoms with Crippen molar-refractivity contribution in [1.82, 2.24) is 0 Å². The molecule has 3 aromatic carbocycles. The summed E-state index contributed by atoms with van der Waals surface area (Å²) in [4.78, 5) is 15.1. The highest BCUT2D eigenvalue weighted by atomic mass is 32.1. The van der Waals surface area contributed by atoms with Crippen LogP contribution >= 0.6 is 11.3 Å². The van der Waals surface area contributed by atoms with Crippen LogP contribution in [-0.4, -0.2) is 6.29 Å². The molecule has 0 aliphatic carbocycles. The van der Waals surface area contributed by atoms with E-state index in [9.17, 15) is 4.79 Å². The Labute approximate surface area is 169 Å². The van der Waals surface area contributed by atoms with Gasteiger partial charge in [-0.3, -0.25) is 4.79 Å². The third kappa shape index (κ3) is 3.75. The van der Waals surface area contributed by atoms with E-state index in [-0.39, 0.29) is 0 Å². The van der Waals surface area contributed by atoms with Gasteiger partial charge in [-0.2, -0.15) is 0 Å². The maximum Gasteiger partial charge on any atom is 0.160 e. The lowest BCUT2D eigenvalue weighted by Gasteiger charge is -2.26. The van der Waals surface area contributed by atoms with Gasteiger partial charge in [-0.25, -0.2) is 0 Å². The minimum Gasteiger partial charge on any atom is -0.311 e. The fourth-order valence-corrected chi connectivity index (χ4v) is 4.01. The summed E-state index contributed by atoms with van der Waals surface area (Å²) in [6.07, 6.45) is 0.902. The quantitative estimate of drug-likeness (QED) is 0.337. The van der Waals surface area contributed by atoms with Crippen molar-refractivity contribution in [1.29, 1.82) is 0 Å². The van der Waals surface area contributed by atoms with Crippen molar-refractivity contribution in [2.24, 2.45) is 0 Å². The second kappa shape index (κ2) is 7.83. The number of aryl methyl sites for hydroxylation is 2. The molecule has 0 bridgehead atoms. The smallest absolute Gasteiger partial charge is 0.160 e. The van der Waals surface area contributed by atoms with Crippen LogP contribution in [0.5, 0.6) is 0 Å². The third-order valence-corrected chi connectivity index (χ3v) is 5.80. The van der Waals surface area contributed by atoms with Gasteiger partial charge < -0.3 is 4.90 Å². The maximum atomic E-state index is 11.0. The minimum absolute atomic E-state index is 0.750. The van der Waals surface area contributed by atoms with Gasteiger partial charge in [-0.1, -0.05) is 47.5 Å². The van der Waals surface area contributed by atoms with Crippen LogP contribution < -0.4 is 4.90 Å². The topological polar surface area (TPSA) is 20.3 Å². The summed E-state index contributed by atoms with van der Waals surface area (Å²) in [5.74, 6) is 0. The second-order valence-electron chi connectivity index (χ2n) is 6.87. The maximum absolute atomic E-state index is 11.0. The molecule has 0 aliphatic rings. The molecule has 1 heterocycles. The first kappa shape index (κ1) is 18.2. The number of nitrogens with zero attached hydrogens (tertiary/aromatic N) is 1. The van der Waals surface area contributed by atoms with Crippen molar-refractivity contribution in [3.05, 3.63) is 101 Å². The highest BCUT2D eigenvalue weighted by Gasteiger charge is 2.12. The SMILES string of the molecule is Cc1ccc(N(c2ccc(C)cc2)c2ccc(-c3ccc(C=O)s3)cc2)cc1. The Morgan fingerprint density at radius 1 is 0.643 bits per heavy atom. The first-order chi connectivity index (χ1) is 13.6. The van der Waals surface area contributed by atoms with Crippen molar-refractivity contribution in [2.45, 2.75) is 13.8 Å². The van der Waals surface area contributed by atoms with Crippen LogP contribution in [0.2, 0.25) is 0 Å². The molecule has 1 aromatic heterocycles. The average Bonchev–Trinajstić information content (AvgIpc) is 3.21. The van der Waals surface area contributed by atoms with E-state index in [1.54, 1.807) is 0 Å². The molecule has 0 atom stereocenters. The number of thiophene rings is 1. The molecule has 138 valence electrons. The van der Waals surface area contributed by atoms with Crippen LogP contribution in [0.25, 0.3) is 10.4 Å². The standard InChI is InChI=1S/C25H21NOS/c1-18-3-9-21(10-4-18)26(22-11-5-19(2)6-12-22)23-13-7-20(8-14-23)25-16-15-24(17-27)28-25/h3-17H,1-2H3. The van der Waals surface area contributed by atoms with E-state index in [1.807, 2.05) is 12.1 Å². The number of hydrogen-bond donors (Lipinski definition) is 0. The Balaban J connectivity index is 1.74. The third-order valence-electron chi connectivity index (χ3n) is 4.74. The lowest BCUT2D eigenvalue weighted by atomic mass is 10.1. The number of anilines is 3. The lowest BCUT2D eigenvalue weighted by molar-refractivity contribution is 0.112. The molecule has 0 amide bonds. The summed E-state index contributed by atoms with van der Waals surface area (Å²) < 4.78 is 0. The molecule has 28 heavy (non-hydrogen) atoms. The molecule has 2 nitrogen and oxygen atoms in total. The Morgan fingerprint density at radius 2 is 1.11 bits per heavy atom. The van der Waals surface area contributed by atoms with Crippen molar-refractivity contribution in [3.63, 3.8) is 0 Å². The molecule has 4 aromatic rings. The second-order valence-corrected chi connectivity index (χ2v) is 7.99. The van der Waals surface area contributed by atoms with Crippen molar-refractivity contribution >= 4 is 34.7 Å². The van der Waals surface area contributed by atoms with Gasteiger partial charge in [0.25, 0.3) is 0 Å². The van der Waals surface area contributed by atoms with Crippen LogP contribution in [0.1, 0.15) is 20.8 Å². The molecule has 0 saturated carbocycles. The zero-order valence-electron chi connectivity index (χ0n) is 15.9. The van der Waals surface area contributed by atoms with E-state index in [1.165, 1.54) is 22.5 Å². The summed E-state index contributed by atoms with van der Waals surface area (Å²) in [5.41, 5.74) is 6.96. The van der Waals surface area contributed by atoms with Crippen molar-refractivity contribution < 1.29 is 4.79 Å². The number of hydrogen-bond acceptors (Lipinski definition) is 3. The fraction of sp³-hybridized carbons (Fsp3) is 0.0800. The van der Waals surface area contributed by atoms with Crippen molar-refractivity contribution in [2.75, 3.05) is 4.90 Å². The molecular weight excluding hydrogens is 362 g/mol. The number of carbonyl (C=O) groups is 1. The molecule has 0 unspecified atom stereocenters.